The van der Waals surface area contributed by atoms with Crippen LogP contribution in [-0.2, 0) is 24.1 Å². The molecule has 0 fully saturated rings. The third-order valence-corrected chi connectivity index (χ3v) is 3.52. The number of imidazole rings is 1. The normalized spacial score (nSPS) is 18.8. The molecule has 0 N–H and O–H groups in total. The average molecular weight is 290 g/mol. The van der Waals surface area contributed by atoms with E-state index in [9.17, 15) is 18.0 Å². The Kier molecular flexibility index (Phi) is 4.06. The molecule has 0 spiro atoms. The van der Waals surface area contributed by atoms with Crippen molar-refractivity contribution >= 4 is 5.97 Å². The predicted molar refractivity (Wildman–Crippen MR) is 65.4 cm³/mol. The fourth-order valence-corrected chi connectivity index (χ4v) is 2.51. The zero-order valence-corrected chi connectivity index (χ0v) is 11.5. The van der Waals surface area contributed by atoms with E-state index in [2.05, 4.69) is 4.98 Å². The second-order valence-corrected chi connectivity index (χ2v) is 4.78. The van der Waals surface area contributed by atoms with E-state index in [0.29, 0.717) is 23.6 Å². The Labute approximate surface area is 114 Å². The van der Waals surface area contributed by atoms with Crippen LogP contribution < -0.4 is 0 Å². The number of hydrogen-bond acceptors (Lipinski definition) is 3. The van der Waals surface area contributed by atoms with Crippen LogP contribution in [0.5, 0.6) is 0 Å². The van der Waals surface area contributed by atoms with Gasteiger partial charge in [0.1, 0.15) is 5.82 Å². The maximum atomic E-state index is 12.8. The molecule has 0 aliphatic carbocycles. The summed E-state index contributed by atoms with van der Waals surface area (Å²) in [7, 11) is 0. The number of carbonyl (C=O) groups excluding carboxylic acids is 1. The van der Waals surface area contributed by atoms with E-state index >= 15 is 0 Å². The highest BCUT2D eigenvalue weighted by molar-refractivity contribution is 5.89. The van der Waals surface area contributed by atoms with Gasteiger partial charge >= 0.3 is 12.1 Å². The summed E-state index contributed by atoms with van der Waals surface area (Å²) in [5, 5.41) is 0. The number of alkyl halides is 3. The van der Waals surface area contributed by atoms with Gasteiger partial charge in [0.05, 0.1) is 18.2 Å². The summed E-state index contributed by atoms with van der Waals surface area (Å²) in [6, 6.07) is 0. The Bertz CT molecular complexity index is 508. The summed E-state index contributed by atoms with van der Waals surface area (Å²) in [4.78, 5) is 16.1. The summed E-state index contributed by atoms with van der Waals surface area (Å²) in [5.74, 6) is -1.55. The molecule has 1 aromatic rings. The quantitative estimate of drug-likeness (QED) is 0.804. The van der Waals surface area contributed by atoms with Gasteiger partial charge in [0.2, 0.25) is 0 Å². The van der Waals surface area contributed by atoms with Crippen LogP contribution in [-0.4, -0.2) is 28.3 Å². The van der Waals surface area contributed by atoms with Gasteiger partial charge in [-0.2, -0.15) is 13.2 Å². The van der Waals surface area contributed by atoms with Gasteiger partial charge in [-0.3, -0.25) is 0 Å². The summed E-state index contributed by atoms with van der Waals surface area (Å²) in [6.07, 6.45) is -3.92. The van der Waals surface area contributed by atoms with Crippen LogP contribution in [0.3, 0.4) is 0 Å². The number of carbonyl (C=O) groups is 1. The molecule has 2 heterocycles. The summed E-state index contributed by atoms with van der Waals surface area (Å²) in [6.45, 7) is 3.89. The van der Waals surface area contributed by atoms with Crippen LogP contribution in [0.25, 0.3) is 0 Å². The molecule has 1 unspecified atom stereocenters. The molecule has 112 valence electrons. The van der Waals surface area contributed by atoms with Crippen LogP contribution in [0, 0.1) is 5.92 Å². The van der Waals surface area contributed by atoms with Crippen molar-refractivity contribution in [2.75, 3.05) is 6.61 Å². The first kappa shape index (κ1) is 14.9. The van der Waals surface area contributed by atoms with Gasteiger partial charge in [0.15, 0.2) is 5.69 Å². The lowest BCUT2D eigenvalue weighted by molar-refractivity contribution is -0.179. The number of esters is 1. The van der Waals surface area contributed by atoms with Gasteiger partial charge in [0.25, 0.3) is 0 Å². The first-order valence-electron chi connectivity index (χ1n) is 6.70. The lowest BCUT2D eigenvalue weighted by Crippen LogP contribution is -2.32. The van der Waals surface area contributed by atoms with Crippen molar-refractivity contribution < 1.29 is 22.7 Å². The molecule has 1 aromatic heterocycles. The van der Waals surface area contributed by atoms with Crippen molar-refractivity contribution in [3.63, 3.8) is 0 Å². The standard InChI is InChI=1S/C13H17F3N2O2/c1-3-9-11(12(19)20-4-2)18-6-5-8(13(14,15)16)7-10(18)17-9/h8H,3-7H2,1-2H3. The van der Waals surface area contributed by atoms with E-state index in [4.69, 9.17) is 4.74 Å². The molecule has 4 nitrogen and oxygen atoms in total. The molecule has 0 bridgehead atoms. The summed E-state index contributed by atoms with van der Waals surface area (Å²) < 4.78 is 44.9. The Morgan fingerprint density at radius 3 is 2.70 bits per heavy atom. The zero-order valence-electron chi connectivity index (χ0n) is 11.5. The lowest BCUT2D eigenvalue weighted by atomic mass is 9.97. The molecular weight excluding hydrogens is 273 g/mol. The number of aromatic nitrogens is 2. The predicted octanol–water partition coefficient (Wildman–Crippen LogP) is 2.75. The number of ether oxygens (including phenoxy) is 1. The highest BCUT2D eigenvalue weighted by Gasteiger charge is 2.43. The third-order valence-electron chi connectivity index (χ3n) is 3.52. The molecule has 7 heteroatoms. The maximum absolute atomic E-state index is 12.8. The third kappa shape index (κ3) is 2.66. The lowest BCUT2D eigenvalue weighted by Gasteiger charge is -2.26. The summed E-state index contributed by atoms with van der Waals surface area (Å²) >= 11 is 0. The highest BCUT2D eigenvalue weighted by atomic mass is 19.4. The molecule has 20 heavy (non-hydrogen) atoms. The number of rotatable bonds is 3. The molecule has 0 amide bonds. The van der Waals surface area contributed by atoms with Gasteiger partial charge < -0.3 is 9.30 Å². The molecule has 2 rings (SSSR count). The monoisotopic (exact) mass is 290 g/mol. The molecule has 0 aromatic carbocycles. The minimum atomic E-state index is -4.21. The molecule has 0 radical (unpaired) electrons. The average Bonchev–Trinajstić information content (AvgIpc) is 2.75. The Hall–Kier alpha value is -1.53. The topological polar surface area (TPSA) is 44.1 Å². The second-order valence-electron chi connectivity index (χ2n) is 4.78. The maximum Gasteiger partial charge on any atom is 0.392 e. The van der Waals surface area contributed by atoms with Gasteiger partial charge in [-0.15, -0.1) is 0 Å². The van der Waals surface area contributed by atoms with Crippen molar-refractivity contribution in [1.82, 2.24) is 9.55 Å². The van der Waals surface area contributed by atoms with Gasteiger partial charge in [-0.1, -0.05) is 6.92 Å². The Morgan fingerprint density at radius 2 is 2.15 bits per heavy atom. The Balaban J connectivity index is 2.34. The first-order chi connectivity index (χ1) is 9.38. The molecule has 1 aliphatic rings. The van der Waals surface area contributed by atoms with Crippen LogP contribution in [0.1, 0.15) is 42.3 Å². The van der Waals surface area contributed by atoms with Crippen LogP contribution in [0.15, 0.2) is 0 Å². The van der Waals surface area contributed by atoms with Crippen molar-refractivity contribution in [3.8, 4) is 0 Å². The van der Waals surface area contributed by atoms with E-state index < -0.39 is 18.1 Å². The van der Waals surface area contributed by atoms with Crippen molar-refractivity contribution in [1.29, 1.82) is 0 Å². The van der Waals surface area contributed by atoms with Gasteiger partial charge in [-0.25, -0.2) is 9.78 Å². The fraction of sp³-hybridized carbons (Fsp3) is 0.692. The van der Waals surface area contributed by atoms with Crippen molar-refractivity contribution in [2.24, 2.45) is 5.92 Å². The number of aryl methyl sites for hydroxylation is 1. The first-order valence-corrected chi connectivity index (χ1v) is 6.70. The minimum Gasteiger partial charge on any atom is -0.461 e. The molecule has 0 saturated carbocycles. The van der Waals surface area contributed by atoms with E-state index in [1.807, 2.05) is 6.92 Å². The van der Waals surface area contributed by atoms with Crippen molar-refractivity contribution in [3.05, 3.63) is 17.2 Å². The van der Waals surface area contributed by atoms with E-state index in [0.717, 1.165) is 0 Å². The van der Waals surface area contributed by atoms with E-state index in [-0.39, 0.29) is 26.0 Å². The molecule has 0 saturated heterocycles. The fourth-order valence-electron chi connectivity index (χ4n) is 2.51. The SMILES string of the molecule is CCOC(=O)c1c(CC)nc2n1CCC(C(F)(F)F)C2. The minimum absolute atomic E-state index is 0.0254. The smallest absolute Gasteiger partial charge is 0.392 e. The number of fused-ring (bicyclic) bond motifs is 1. The molecule has 1 atom stereocenters. The zero-order chi connectivity index (χ0) is 14.9. The largest absolute Gasteiger partial charge is 0.461 e. The molecular formula is C13H17F3N2O2. The number of halogens is 3. The van der Waals surface area contributed by atoms with Crippen LogP contribution in [0.4, 0.5) is 13.2 Å². The van der Waals surface area contributed by atoms with Gasteiger partial charge in [0, 0.05) is 13.0 Å². The van der Waals surface area contributed by atoms with E-state index in [1.165, 1.54) is 0 Å². The molecule has 1 aliphatic heterocycles. The summed E-state index contributed by atoms with van der Waals surface area (Å²) in [5.41, 5.74) is 0.825. The van der Waals surface area contributed by atoms with E-state index in [1.54, 1.807) is 11.5 Å². The van der Waals surface area contributed by atoms with Gasteiger partial charge in [-0.05, 0) is 19.8 Å². The van der Waals surface area contributed by atoms with Crippen LogP contribution in [0.2, 0.25) is 0 Å². The second kappa shape index (κ2) is 5.46. The number of nitrogens with zero attached hydrogens (tertiary/aromatic N) is 2. The Morgan fingerprint density at radius 1 is 1.45 bits per heavy atom. The number of hydrogen-bond donors (Lipinski definition) is 0. The van der Waals surface area contributed by atoms with Crippen molar-refractivity contribution in [2.45, 2.75) is 45.8 Å². The van der Waals surface area contributed by atoms with Crippen LogP contribution >= 0.6 is 0 Å². The highest BCUT2D eigenvalue weighted by Crippen LogP contribution is 2.35.